The lowest BCUT2D eigenvalue weighted by atomic mass is 9.66. The lowest BCUT2D eigenvalue weighted by molar-refractivity contribution is -0.173. The molecule has 0 spiro atoms. The Labute approximate surface area is 341 Å². The van der Waals surface area contributed by atoms with Crippen LogP contribution >= 0.6 is 0 Å². The second-order valence-corrected chi connectivity index (χ2v) is 16.0. The smallest absolute Gasteiger partial charge is 0.402 e. The zero-order valence-electron chi connectivity index (χ0n) is 37.6. The summed E-state index contributed by atoms with van der Waals surface area (Å²) in [7, 11) is 0. The third-order valence-corrected chi connectivity index (χ3v) is 13.3. The molecule has 1 unspecified atom stereocenters. The van der Waals surface area contributed by atoms with E-state index in [-0.39, 0.29) is 6.61 Å². The number of aryl methyl sites for hydroxylation is 2. The highest BCUT2D eigenvalue weighted by molar-refractivity contribution is 5.67. The van der Waals surface area contributed by atoms with Crippen LogP contribution < -0.4 is 20.9 Å². The van der Waals surface area contributed by atoms with Crippen molar-refractivity contribution in [3.05, 3.63) is 112 Å². The van der Waals surface area contributed by atoms with Crippen molar-refractivity contribution in [1.29, 1.82) is 0 Å². The van der Waals surface area contributed by atoms with E-state index in [4.69, 9.17) is 20.9 Å². The number of alkyl halides is 3. The molecule has 0 saturated heterocycles. The molecule has 0 aromatic heterocycles. The summed E-state index contributed by atoms with van der Waals surface area (Å²) in [6.45, 7) is 30.3. The fourth-order valence-corrected chi connectivity index (χ4v) is 9.99. The number of benzene rings is 4. The zero-order chi connectivity index (χ0) is 42.9. The highest BCUT2D eigenvalue weighted by Crippen LogP contribution is 2.53. The Hall–Kier alpha value is -3.97. The Morgan fingerprint density at radius 1 is 0.509 bits per heavy atom. The van der Waals surface area contributed by atoms with Crippen molar-refractivity contribution in [2.24, 2.45) is 5.73 Å². The minimum atomic E-state index is -4.60. The van der Waals surface area contributed by atoms with Gasteiger partial charge in [-0.3, -0.25) is 0 Å². The molecular formula is C50H69F3N2O2. The van der Waals surface area contributed by atoms with E-state index in [1.54, 1.807) is 0 Å². The maximum absolute atomic E-state index is 16.3. The molecule has 0 aliphatic carbocycles. The van der Waals surface area contributed by atoms with Crippen LogP contribution in [0.5, 0.6) is 17.2 Å². The minimum absolute atomic E-state index is 0.258. The molecule has 0 fully saturated rings. The molecule has 7 heteroatoms. The molecule has 1 atom stereocenters. The van der Waals surface area contributed by atoms with Crippen molar-refractivity contribution in [1.82, 2.24) is 0 Å². The first-order valence-corrected chi connectivity index (χ1v) is 21.2. The van der Waals surface area contributed by atoms with Crippen molar-refractivity contribution in [3.8, 4) is 17.2 Å². The normalized spacial score (nSPS) is 13.0. The number of ether oxygens (including phenoxy) is 2. The molecule has 0 aliphatic rings. The molecule has 57 heavy (non-hydrogen) atoms. The van der Waals surface area contributed by atoms with E-state index in [9.17, 15) is 0 Å². The lowest BCUT2D eigenvalue weighted by Crippen LogP contribution is -2.44. The summed E-state index contributed by atoms with van der Waals surface area (Å²) in [5.41, 5.74) is 26.9. The van der Waals surface area contributed by atoms with Crippen LogP contribution in [-0.4, -0.2) is 6.18 Å². The van der Waals surface area contributed by atoms with E-state index in [0.29, 0.717) is 70.5 Å². The maximum Gasteiger partial charge on any atom is 0.402 e. The van der Waals surface area contributed by atoms with Crippen LogP contribution in [0.15, 0.2) is 12.1 Å². The van der Waals surface area contributed by atoms with Crippen LogP contribution in [0.4, 0.5) is 18.9 Å². The zero-order valence-corrected chi connectivity index (χ0v) is 37.6. The Morgan fingerprint density at radius 3 is 1.44 bits per heavy atom. The van der Waals surface area contributed by atoms with E-state index in [0.717, 1.165) is 92.9 Å². The third kappa shape index (κ3) is 7.70. The summed E-state index contributed by atoms with van der Waals surface area (Å²) in [6, 6.07) is 3.84. The van der Waals surface area contributed by atoms with Gasteiger partial charge < -0.3 is 20.9 Å². The van der Waals surface area contributed by atoms with Crippen molar-refractivity contribution in [2.75, 3.05) is 5.73 Å². The molecule has 0 amide bonds. The molecular weight excluding hydrogens is 718 g/mol. The minimum Gasteiger partial charge on any atom is -0.488 e. The van der Waals surface area contributed by atoms with Gasteiger partial charge in [0.15, 0.2) is 0 Å². The number of nitrogen functional groups attached to an aromatic ring is 1. The van der Waals surface area contributed by atoms with Crippen LogP contribution in [0, 0.1) is 48.5 Å². The average Bonchev–Trinajstić information content (AvgIpc) is 3.17. The van der Waals surface area contributed by atoms with Gasteiger partial charge in [0, 0.05) is 12.2 Å². The molecule has 4 rings (SSSR count). The number of halogens is 3. The number of nitrogens with two attached hydrogens (primary N) is 2. The Kier molecular flexibility index (Phi) is 14.4. The average molecular weight is 787 g/mol. The summed E-state index contributed by atoms with van der Waals surface area (Å²) >= 11 is 0. The largest absolute Gasteiger partial charge is 0.488 e. The van der Waals surface area contributed by atoms with Gasteiger partial charge in [0.05, 0.1) is 0 Å². The Bertz CT molecular complexity index is 2080. The van der Waals surface area contributed by atoms with Gasteiger partial charge in [-0.2, -0.15) is 13.2 Å². The number of hydrogen-bond acceptors (Lipinski definition) is 4. The molecule has 312 valence electrons. The standard InChI is InChI=1S/C50H69F3N2O2/c1-16-34-23-36(26-56-47-32(13)38(19-4)41(22-7)42(25-54)33(47)14)37(18-3)29(10)45(34)49(15,50(51,52)53)44-28(9)27(8)43(24-35(44)17-2)57-48-39(20-5)30(11)46(55)31(12)40(48)21-6/h23-24H,16-22,25-26,54-55H2,1-15H3. The molecule has 4 nitrogen and oxygen atoms in total. The van der Waals surface area contributed by atoms with Gasteiger partial charge in [-0.15, -0.1) is 0 Å². The summed E-state index contributed by atoms with van der Waals surface area (Å²) < 4.78 is 62.4. The summed E-state index contributed by atoms with van der Waals surface area (Å²) in [5.74, 6) is 2.18. The Morgan fingerprint density at radius 2 is 0.982 bits per heavy atom. The van der Waals surface area contributed by atoms with E-state index in [1.165, 1.54) is 18.1 Å². The van der Waals surface area contributed by atoms with Gasteiger partial charge >= 0.3 is 6.18 Å². The van der Waals surface area contributed by atoms with Crippen LogP contribution in [0.25, 0.3) is 0 Å². The van der Waals surface area contributed by atoms with Gasteiger partial charge in [-0.25, -0.2) is 0 Å². The van der Waals surface area contributed by atoms with Gasteiger partial charge in [-0.05, 0) is 207 Å². The molecule has 0 heterocycles. The molecule has 0 saturated carbocycles. The second-order valence-electron chi connectivity index (χ2n) is 16.0. The second kappa shape index (κ2) is 17.9. The summed E-state index contributed by atoms with van der Waals surface area (Å²) in [5, 5.41) is 0. The van der Waals surface area contributed by atoms with Gasteiger partial charge in [-0.1, -0.05) is 54.5 Å². The monoisotopic (exact) mass is 787 g/mol. The van der Waals surface area contributed by atoms with Crippen molar-refractivity contribution < 1.29 is 22.6 Å². The van der Waals surface area contributed by atoms with E-state index in [2.05, 4.69) is 41.5 Å². The fourth-order valence-electron chi connectivity index (χ4n) is 9.99. The maximum atomic E-state index is 16.3. The van der Waals surface area contributed by atoms with Crippen LogP contribution in [0.2, 0.25) is 0 Å². The highest BCUT2D eigenvalue weighted by atomic mass is 19.4. The first-order chi connectivity index (χ1) is 26.8. The molecule has 4 N–H and O–H groups in total. The van der Waals surface area contributed by atoms with Crippen molar-refractivity contribution in [3.63, 3.8) is 0 Å². The van der Waals surface area contributed by atoms with Crippen LogP contribution in [0.3, 0.4) is 0 Å². The number of anilines is 1. The fraction of sp³-hybridized carbons (Fsp3) is 0.520. The van der Waals surface area contributed by atoms with Crippen LogP contribution in [-0.2, 0) is 63.5 Å². The predicted octanol–water partition coefficient (Wildman–Crippen LogP) is 13.1. The van der Waals surface area contributed by atoms with Crippen molar-refractivity contribution in [2.45, 2.75) is 174 Å². The molecule has 0 radical (unpaired) electrons. The van der Waals surface area contributed by atoms with E-state index >= 15 is 13.2 Å². The van der Waals surface area contributed by atoms with Crippen LogP contribution in [0.1, 0.15) is 156 Å². The molecule has 0 bridgehead atoms. The van der Waals surface area contributed by atoms with Gasteiger partial charge in [0.2, 0.25) is 0 Å². The molecule has 0 aliphatic heterocycles. The first-order valence-electron chi connectivity index (χ1n) is 21.2. The third-order valence-electron chi connectivity index (χ3n) is 13.3. The quantitative estimate of drug-likeness (QED) is 0.118. The number of rotatable bonds is 15. The molecule has 4 aromatic rings. The summed E-state index contributed by atoms with van der Waals surface area (Å²) in [6.07, 6.45) is 0.0278. The Balaban J connectivity index is 1.97. The summed E-state index contributed by atoms with van der Waals surface area (Å²) in [4.78, 5) is 0. The number of hydrogen-bond donors (Lipinski definition) is 2. The highest BCUT2D eigenvalue weighted by Gasteiger charge is 2.56. The predicted molar refractivity (Wildman–Crippen MR) is 234 cm³/mol. The first kappa shape index (κ1) is 45.7. The van der Waals surface area contributed by atoms with Gasteiger partial charge in [0.1, 0.15) is 29.3 Å². The molecule has 4 aromatic carbocycles. The lowest BCUT2D eigenvalue weighted by Gasteiger charge is -2.40. The van der Waals surface area contributed by atoms with E-state index < -0.39 is 11.6 Å². The SMILES string of the molecule is CCc1cc(Oc2c(CC)c(C)c(N)c(C)c2CC)c(C)c(C)c1C(C)(c1c(CC)cc(COc2c(C)c(CC)c(CC)c(CN)c2C)c(CC)c1C)C(F)(F)F. The van der Waals surface area contributed by atoms with Gasteiger partial charge in [0.25, 0.3) is 0 Å². The van der Waals surface area contributed by atoms with Crippen molar-refractivity contribution >= 4 is 5.69 Å². The van der Waals surface area contributed by atoms with E-state index in [1.807, 2.05) is 67.5 Å². The topological polar surface area (TPSA) is 70.5 Å².